The van der Waals surface area contributed by atoms with Crippen molar-refractivity contribution in [3.63, 3.8) is 0 Å². The fraction of sp³-hybridized carbons (Fsp3) is 0.261. The Morgan fingerprint density at radius 3 is 2.61 bits per heavy atom. The molecule has 0 bridgehead atoms. The van der Waals surface area contributed by atoms with Gasteiger partial charge in [-0.3, -0.25) is 10.1 Å². The molecule has 8 nitrogen and oxygen atoms in total. The van der Waals surface area contributed by atoms with Crippen molar-refractivity contribution < 1.29 is 23.9 Å². The van der Waals surface area contributed by atoms with Crippen LogP contribution >= 0.6 is 0 Å². The van der Waals surface area contributed by atoms with E-state index in [9.17, 15) is 14.9 Å². The first-order valence-corrected chi connectivity index (χ1v) is 9.79. The number of ether oxygens (including phenoxy) is 3. The molecule has 1 aliphatic rings. The van der Waals surface area contributed by atoms with Crippen molar-refractivity contribution in [1.82, 2.24) is 4.57 Å². The Hall–Kier alpha value is -3.65. The van der Waals surface area contributed by atoms with Crippen LogP contribution in [-0.4, -0.2) is 22.3 Å². The van der Waals surface area contributed by atoms with Gasteiger partial charge in [-0.05, 0) is 39.0 Å². The Bertz CT molecular complexity index is 1160. The van der Waals surface area contributed by atoms with Crippen LogP contribution in [0.4, 0.5) is 5.69 Å². The molecule has 160 valence electrons. The minimum absolute atomic E-state index is 0.0451. The number of non-ortho nitro benzene ring substituents is 1. The lowest BCUT2D eigenvalue weighted by atomic mass is 10.1. The smallest absolute Gasteiger partial charge is 0.340 e. The number of hydrogen-bond donors (Lipinski definition) is 0. The number of hydrogen-bond acceptors (Lipinski definition) is 6. The first kappa shape index (κ1) is 20.6. The molecule has 0 unspecified atom stereocenters. The van der Waals surface area contributed by atoms with Gasteiger partial charge in [-0.15, -0.1) is 0 Å². The summed E-state index contributed by atoms with van der Waals surface area (Å²) in [5.74, 6) is -0.0337. The van der Waals surface area contributed by atoms with Crippen molar-refractivity contribution in [2.45, 2.75) is 34.0 Å². The highest BCUT2D eigenvalue weighted by Gasteiger charge is 2.23. The summed E-state index contributed by atoms with van der Waals surface area (Å²) in [6.07, 6.45) is 0. The molecule has 2 heterocycles. The third-order valence-electron chi connectivity index (χ3n) is 5.28. The number of aromatic nitrogens is 1. The van der Waals surface area contributed by atoms with Gasteiger partial charge in [0, 0.05) is 40.3 Å². The number of carbonyl (C=O) groups excluding carboxylic acids is 1. The van der Waals surface area contributed by atoms with E-state index in [1.54, 1.807) is 6.07 Å². The molecule has 0 saturated carbocycles. The van der Waals surface area contributed by atoms with Gasteiger partial charge < -0.3 is 18.8 Å². The Morgan fingerprint density at radius 2 is 1.90 bits per heavy atom. The summed E-state index contributed by atoms with van der Waals surface area (Å²) in [7, 11) is 0. The summed E-state index contributed by atoms with van der Waals surface area (Å²) in [5.41, 5.74) is 5.12. The molecule has 0 N–H and O–H groups in total. The normalized spacial score (nSPS) is 12.7. The maximum atomic E-state index is 12.8. The van der Waals surface area contributed by atoms with E-state index >= 15 is 0 Å². The molecule has 0 aliphatic carbocycles. The number of esters is 1. The highest BCUT2D eigenvalue weighted by Crippen LogP contribution is 2.33. The van der Waals surface area contributed by atoms with Gasteiger partial charge in [-0.2, -0.15) is 0 Å². The quantitative estimate of drug-likeness (QED) is 0.341. The van der Waals surface area contributed by atoms with Crippen LogP contribution in [-0.2, 0) is 22.7 Å². The molecule has 3 aromatic rings. The fourth-order valence-corrected chi connectivity index (χ4v) is 3.78. The van der Waals surface area contributed by atoms with E-state index in [2.05, 4.69) is 0 Å². The average Bonchev–Trinajstić information content (AvgIpc) is 3.06. The molecular weight excluding hydrogens is 400 g/mol. The molecule has 0 saturated heterocycles. The second-order valence-electron chi connectivity index (χ2n) is 7.49. The predicted octanol–water partition coefficient (Wildman–Crippen LogP) is 4.53. The highest BCUT2D eigenvalue weighted by atomic mass is 16.7. The standard InChI is InChI=1S/C23H22N2O6/c1-14-4-6-19(7-5-14)24-15(2)8-21(16(24)3)23(26)30-12-18-10-20(25(27)28)9-17-11-29-13-31-22(17)18/h4-10H,11-13H2,1-3H3. The maximum absolute atomic E-state index is 12.8. The Labute approximate surface area is 179 Å². The molecule has 0 radical (unpaired) electrons. The molecule has 1 aliphatic heterocycles. The number of fused-ring (bicyclic) bond motifs is 1. The third kappa shape index (κ3) is 4.02. The zero-order chi connectivity index (χ0) is 22.1. The van der Waals surface area contributed by atoms with Gasteiger partial charge in [0.05, 0.1) is 17.1 Å². The Morgan fingerprint density at radius 1 is 1.16 bits per heavy atom. The predicted molar refractivity (Wildman–Crippen MR) is 112 cm³/mol. The van der Waals surface area contributed by atoms with Gasteiger partial charge in [0.25, 0.3) is 5.69 Å². The number of carbonyl (C=O) groups is 1. The molecule has 0 amide bonds. The van der Waals surface area contributed by atoms with Crippen LogP contribution in [0.1, 0.15) is 38.4 Å². The van der Waals surface area contributed by atoms with Crippen molar-refractivity contribution in [3.8, 4) is 11.4 Å². The van der Waals surface area contributed by atoms with E-state index in [4.69, 9.17) is 14.2 Å². The second kappa shape index (κ2) is 8.23. The van der Waals surface area contributed by atoms with Gasteiger partial charge in [0.15, 0.2) is 6.79 Å². The van der Waals surface area contributed by atoms with E-state index in [-0.39, 0.29) is 25.7 Å². The Balaban J connectivity index is 1.59. The number of rotatable bonds is 5. The summed E-state index contributed by atoms with van der Waals surface area (Å²) in [5, 5.41) is 11.3. The van der Waals surface area contributed by atoms with Crippen LogP contribution in [0.5, 0.6) is 5.75 Å². The molecule has 0 atom stereocenters. The summed E-state index contributed by atoms with van der Waals surface area (Å²) < 4.78 is 18.2. The molecule has 31 heavy (non-hydrogen) atoms. The number of nitrogens with zero attached hydrogens (tertiary/aromatic N) is 2. The minimum atomic E-state index is -0.501. The van der Waals surface area contributed by atoms with Crippen LogP contribution in [0.15, 0.2) is 42.5 Å². The van der Waals surface area contributed by atoms with E-state index in [0.717, 1.165) is 22.6 Å². The van der Waals surface area contributed by atoms with Crippen LogP contribution in [0, 0.1) is 30.9 Å². The van der Waals surface area contributed by atoms with Crippen LogP contribution < -0.4 is 4.74 Å². The molecule has 0 spiro atoms. The van der Waals surface area contributed by atoms with Gasteiger partial charge in [-0.25, -0.2) is 4.79 Å². The summed E-state index contributed by atoms with van der Waals surface area (Å²) in [6.45, 7) is 5.91. The lowest BCUT2D eigenvalue weighted by Crippen LogP contribution is -2.15. The first-order valence-electron chi connectivity index (χ1n) is 9.79. The average molecular weight is 422 g/mol. The zero-order valence-corrected chi connectivity index (χ0v) is 17.5. The van der Waals surface area contributed by atoms with Crippen molar-refractivity contribution in [3.05, 3.63) is 86.2 Å². The number of nitro benzene ring substituents is 1. The number of benzene rings is 2. The topological polar surface area (TPSA) is 92.8 Å². The summed E-state index contributed by atoms with van der Waals surface area (Å²) in [6, 6.07) is 12.6. The third-order valence-corrected chi connectivity index (χ3v) is 5.28. The molecule has 4 rings (SSSR count). The Kier molecular flexibility index (Phi) is 5.48. The van der Waals surface area contributed by atoms with Crippen LogP contribution in [0.25, 0.3) is 5.69 Å². The molecule has 8 heteroatoms. The van der Waals surface area contributed by atoms with E-state index in [1.165, 1.54) is 12.1 Å². The fourth-order valence-electron chi connectivity index (χ4n) is 3.78. The summed E-state index contributed by atoms with van der Waals surface area (Å²) >= 11 is 0. The van der Waals surface area contributed by atoms with E-state index in [0.29, 0.717) is 22.4 Å². The van der Waals surface area contributed by atoms with Crippen molar-refractivity contribution >= 4 is 11.7 Å². The van der Waals surface area contributed by atoms with E-state index in [1.807, 2.05) is 49.6 Å². The lowest BCUT2D eigenvalue weighted by Gasteiger charge is -2.20. The monoisotopic (exact) mass is 422 g/mol. The van der Waals surface area contributed by atoms with E-state index < -0.39 is 10.9 Å². The SMILES string of the molecule is Cc1ccc(-n2c(C)cc(C(=O)OCc3cc([N+](=O)[O-])cc4c3OCOC4)c2C)cc1. The van der Waals surface area contributed by atoms with Gasteiger partial charge in [-0.1, -0.05) is 17.7 Å². The first-order chi connectivity index (χ1) is 14.8. The molecule has 0 fully saturated rings. The van der Waals surface area contributed by atoms with Gasteiger partial charge in [0.1, 0.15) is 12.4 Å². The minimum Gasteiger partial charge on any atom is -0.467 e. The van der Waals surface area contributed by atoms with Crippen LogP contribution in [0.2, 0.25) is 0 Å². The van der Waals surface area contributed by atoms with Gasteiger partial charge >= 0.3 is 5.97 Å². The molecule has 1 aromatic heterocycles. The number of nitro groups is 1. The lowest BCUT2D eigenvalue weighted by molar-refractivity contribution is -0.385. The maximum Gasteiger partial charge on any atom is 0.340 e. The van der Waals surface area contributed by atoms with Crippen LogP contribution in [0.3, 0.4) is 0 Å². The van der Waals surface area contributed by atoms with Gasteiger partial charge in [0.2, 0.25) is 0 Å². The number of aryl methyl sites for hydroxylation is 2. The van der Waals surface area contributed by atoms with Crippen molar-refractivity contribution in [2.24, 2.45) is 0 Å². The molecular formula is C23H22N2O6. The largest absolute Gasteiger partial charge is 0.467 e. The summed E-state index contributed by atoms with van der Waals surface area (Å²) in [4.78, 5) is 23.6. The second-order valence-corrected chi connectivity index (χ2v) is 7.49. The molecule has 2 aromatic carbocycles. The van der Waals surface area contributed by atoms with Crippen molar-refractivity contribution in [2.75, 3.05) is 6.79 Å². The highest BCUT2D eigenvalue weighted by molar-refractivity contribution is 5.91. The zero-order valence-electron chi connectivity index (χ0n) is 17.5. The van der Waals surface area contributed by atoms with Crippen molar-refractivity contribution in [1.29, 1.82) is 0 Å².